The second-order valence-electron chi connectivity index (χ2n) is 7.28. The summed E-state index contributed by atoms with van der Waals surface area (Å²) >= 11 is 0. The minimum atomic E-state index is -0.695. The first-order chi connectivity index (χ1) is 7.05. The van der Waals surface area contributed by atoms with E-state index in [9.17, 15) is 0 Å². The molecule has 1 aliphatic carbocycles. The van der Waals surface area contributed by atoms with Gasteiger partial charge in [-0.25, -0.2) is 5.57 Å². The summed E-state index contributed by atoms with van der Waals surface area (Å²) in [5.41, 5.74) is 3.63. The van der Waals surface area contributed by atoms with Gasteiger partial charge < -0.3 is 0 Å². The van der Waals surface area contributed by atoms with Gasteiger partial charge in [0.15, 0.2) is 0 Å². The zero-order valence-electron chi connectivity index (χ0n) is 13.6. The molecular weight excluding hydrogens is 370 g/mol. The number of rotatable bonds is 1. The van der Waals surface area contributed by atoms with E-state index in [1.54, 1.807) is 10.8 Å². The average molecular weight is 400 g/mol. The minimum Gasteiger partial charge on any atom is -0.269 e. The molecule has 0 bridgehead atoms. The maximum atomic E-state index is 3.66. The van der Waals surface area contributed by atoms with Crippen molar-refractivity contribution >= 4 is 33.6 Å². The van der Waals surface area contributed by atoms with Crippen LogP contribution in [-0.4, -0.2) is 8.80 Å². The van der Waals surface area contributed by atoms with Crippen molar-refractivity contribution in [3.05, 3.63) is 22.4 Å². The molecule has 0 spiro atoms. The summed E-state index contributed by atoms with van der Waals surface area (Å²) in [5, 5.41) is 1.73. The van der Waals surface area contributed by atoms with Crippen molar-refractivity contribution in [1.29, 1.82) is 0 Å². The topological polar surface area (TPSA) is 0 Å². The Bertz CT molecular complexity index is 344. The summed E-state index contributed by atoms with van der Waals surface area (Å²) < 4.78 is 0. The third kappa shape index (κ3) is 6.20. The first-order valence-electron chi connectivity index (χ1n) is 6.40. The molecular formula is C15H29Cl2SiZr-. The van der Waals surface area contributed by atoms with Gasteiger partial charge in [0, 0.05) is 35.0 Å². The fourth-order valence-electron chi connectivity index (χ4n) is 2.51. The standard InChI is InChI=1S/C15H27Si.2ClH.Zr/c1-14(2,3)11-9-10-12(16(7)8)13(11)15(4,5)6;;;/h16H,10H2,1-8H3;2*1H;/q-1;;;. The molecule has 0 aromatic carbocycles. The molecule has 0 saturated carbocycles. The maximum absolute atomic E-state index is 3.66. The Balaban J connectivity index is -0.000000853. The summed E-state index contributed by atoms with van der Waals surface area (Å²) in [6, 6.07) is 0. The first kappa shape index (κ1) is 25.1. The maximum Gasteiger partial charge on any atom is 0.0392 e. The van der Waals surface area contributed by atoms with Gasteiger partial charge in [0.25, 0.3) is 0 Å². The number of hydrogen-bond donors (Lipinski definition) is 0. The third-order valence-electron chi connectivity index (χ3n) is 3.22. The summed E-state index contributed by atoms with van der Waals surface area (Å²) in [4.78, 5) is 0. The molecule has 112 valence electrons. The van der Waals surface area contributed by atoms with Gasteiger partial charge in [-0.2, -0.15) is 10.8 Å². The first-order valence-corrected chi connectivity index (χ1v) is 9.29. The zero-order chi connectivity index (χ0) is 12.7. The van der Waals surface area contributed by atoms with E-state index in [4.69, 9.17) is 0 Å². The van der Waals surface area contributed by atoms with Gasteiger partial charge in [-0.1, -0.05) is 60.1 Å². The summed E-state index contributed by atoms with van der Waals surface area (Å²) in [7, 11) is -0.695. The molecule has 0 radical (unpaired) electrons. The van der Waals surface area contributed by atoms with Crippen molar-refractivity contribution in [1.82, 2.24) is 0 Å². The van der Waals surface area contributed by atoms with Crippen molar-refractivity contribution < 1.29 is 26.2 Å². The smallest absolute Gasteiger partial charge is 0.0392 e. The van der Waals surface area contributed by atoms with Crippen molar-refractivity contribution in [2.75, 3.05) is 0 Å². The Hall–Kier alpha value is 1.16. The van der Waals surface area contributed by atoms with Crippen LogP contribution in [0.1, 0.15) is 48.0 Å². The van der Waals surface area contributed by atoms with Gasteiger partial charge in [-0.3, -0.25) is 6.08 Å². The van der Waals surface area contributed by atoms with Crippen LogP contribution in [0.3, 0.4) is 0 Å². The van der Waals surface area contributed by atoms with Crippen molar-refractivity contribution in [2.45, 2.75) is 61.1 Å². The molecule has 0 heterocycles. The Kier molecular flexibility index (Phi) is 11.3. The number of halogens is 2. The predicted octanol–water partition coefficient (Wildman–Crippen LogP) is 5.38. The normalized spacial score (nSPS) is 15.5. The van der Waals surface area contributed by atoms with E-state index in [0.717, 1.165) is 6.42 Å². The molecule has 1 aliphatic rings. The Morgan fingerprint density at radius 2 is 1.32 bits per heavy atom. The summed E-state index contributed by atoms with van der Waals surface area (Å²) in [6.45, 7) is 18.8. The van der Waals surface area contributed by atoms with Crippen molar-refractivity contribution in [3.63, 3.8) is 0 Å². The zero-order valence-corrected chi connectivity index (χ0v) is 18.8. The van der Waals surface area contributed by atoms with Crippen molar-refractivity contribution in [2.24, 2.45) is 10.8 Å². The van der Waals surface area contributed by atoms with E-state index < -0.39 is 8.80 Å². The molecule has 0 unspecified atom stereocenters. The van der Waals surface area contributed by atoms with Crippen LogP contribution in [-0.2, 0) is 26.2 Å². The van der Waals surface area contributed by atoms with E-state index in [-0.39, 0.29) is 61.8 Å². The molecule has 0 nitrogen and oxygen atoms in total. The van der Waals surface area contributed by atoms with Crippen LogP contribution in [0.25, 0.3) is 0 Å². The third-order valence-corrected chi connectivity index (χ3v) is 5.11. The molecule has 0 saturated heterocycles. The molecule has 19 heavy (non-hydrogen) atoms. The van der Waals surface area contributed by atoms with Crippen molar-refractivity contribution in [3.8, 4) is 0 Å². The minimum absolute atomic E-state index is 0. The molecule has 0 aliphatic heterocycles. The van der Waals surface area contributed by atoms with Crippen LogP contribution in [0.5, 0.6) is 0 Å². The monoisotopic (exact) mass is 397 g/mol. The van der Waals surface area contributed by atoms with Gasteiger partial charge in [0.2, 0.25) is 0 Å². The molecule has 4 heteroatoms. The molecule has 0 atom stereocenters. The summed E-state index contributed by atoms with van der Waals surface area (Å²) in [6.07, 6.45) is 4.76. The van der Waals surface area contributed by atoms with Gasteiger partial charge in [0.05, 0.1) is 0 Å². The molecule has 0 N–H and O–H groups in total. The van der Waals surface area contributed by atoms with Crippen LogP contribution >= 0.6 is 24.8 Å². The van der Waals surface area contributed by atoms with E-state index in [2.05, 4.69) is 60.7 Å². The molecule has 0 aromatic heterocycles. The van der Waals surface area contributed by atoms with Gasteiger partial charge in [-0.05, 0) is 5.41 Å². The quantitative estimate of drug-likeness (QED) is 0.410. The van der Waals surface area contributed by atoms with Gasteiger partial charge in [0.1, 0.15) is 0 Å². The van der Waals surface area contributed by atoms with Crippen LogP contribution < -0.4 is 0 Å². The Labute approximate surface area is 153 Å². The number of hydrogen-bond acceptors (Lipinski definition) is 0. The van der Waals surface area contributed by atoms with Gasteiger partial charge >= 0.3 is 0 Å². The molecule has 1 rings (SSSR count). The second-order valence-corrected chi connectivity index (χ2v) is 10.3. The van der Waals surface area contributed by atoms with Crippen LogP contribution in [0.2, 0.25) is 13.1 Å². The molecule has 0 fully saturated rings. The predicted molar refractivity (Wildman–Crippen MR) is 90.7 cm³/mol. The Morgan fingerprint density at radius 1 is 0.895 bits per heavy atom. The van der Waals surface area contributed by atoms with Gasteiger partial charge in [-0.15, -0.1) is 31.2 Å². The molecule has 0 amide bonds. The SMILES string of the molecule is C[SiH](C)C1=C(C(C)(C)C)C(C(C)(C)C)=[C-]C1.Cl.Cl.[Zr]. The van der Waals surface area contributed by atoms with Crippen LogP contribution in [0.4, 0.5) is 0 Å². The van der Waals surface area contributed by atoms with E-state index in [1.807, 2.05) is 0 Å². The Morgan fingerprint density at radius 3 is 1.58 bits per heavy atom. The largest absolute Gasteiger partial charge is 0.269 e. The second kappa shape index (κ2) is 8.57. The average Bonchev–Trinajstić information content (AvgIpc) is 2.43. The van der Waals surface area contributed by atoms with E-state index >= 15 is 0 Å². The van der Waals surface area contributed by atoms with E-state index in [1.165, 1.54) is 5.57 Å². The fourth-order valence-corrected chi connectivity index (χ4v) is 4.18. The van der Waals surface area contributed by atoms with E-state index in [0.29, 0.717) is 0 Å². The fraction of sp³-hybridized carbons (Fsp3) is 0.733. The molecule has 0 aromatic rings. The van der Waals surface area contributed by atoms with Crippen LogP contribution in [0, 0.1) is 16.9 Å². The number of allylic oxidation sites excluding steroid dienone is 4. The summed E-state index contributed by atoms with van der Waals surface area (Å²) in [5.74, 6) is 0. The van der Waals surface area contributed by atoms with Crippen LogP contribution in [0.15, 0.2) is 16.3 Å².